The number of sulfonamides is 1. The highest BCUT2D eigenvalue weighted by Gasteiger charge is 2.29. The molecule has 0 spiro atoms. The molecule has 4 aromatic rings. The Hall–Kier alpha value is -3.77. The molecule has 0 aromatic heterocycles. The Morgan fingerprint density at radius 1 is 0.930 bits per heavy atom. The van der Waals surface area contributed by atoms with Crippen molar-refractivity contribution in [1.29, 1.82) is 0 Å². The monoisotopic (exact) mass is 705 g/mol. The second-order valence-electron chi connectivity index (χ2n) is 8.86. The van der Waals surface area contributed by atoms with Gasteiger partial charge in [-0.25, -0.2) is 13.8 Å². The molecule has 0 atom stereocenters. The Morgan fingerprint density at radius 3 is 2.33 bits per heavy atom. The number of carbonyl (C=O) groups excluding carboxylic acids is 1. The average Bonchev–Trinajstić information content (AvgIpc) is 3.01. The van der Waals surface area contributed by atoms with Gasteiger partial charge in [-0.15, -0.1) is 0 Å². The zero-order chi connectivity index (χ0) is 31.0. The van der Waals surface area contributed by atoms with E-state index in [1.54, 1.807) is 72.8 Å². The molecule has 1 N–H and O–H groups in total. The van der Waals surface area contributed by atoms with Crippen LogP contribution >= 0.6 is 39.1 Å². The van der Waals surface area contributed by atoms with Gasteiger partial charge in [0.25, 0.3) is 15.9 Å². The molecule has 0 unspecified atom stereocenters. The molecule has 13 heteroatoms. The van der Waals surface area contributed by atoms with Crippen LogP contribution in [0.25, 0.3) is 0 Å². The summed E-state index contributed by atoms with van der Waals surface area (Å²) >= 11 is 15.6. The smallest absolute Gasteiger partial charge is 0.264 e. The van der Waals surface area contributed by atoms with Gasteiger partial charge in [0.1, 0.15) is 18.9 Å². The third-order valence-electron chi connectivity index (χ3n) is 5.99. The lowest BCUT2D eigenvalue weighted by molar-refractivity contribution is -0.119. The summed E-state index contributed by atoms with van der Waals surface area (Å²) < 4.78 is 45.5. The van der Waals surface area contributed by atoms with E-state index in [2.05, 4.69) is 26.5 Å². The number of benzene rings is 4. The molecule has 0 heterocycles. The number of para-hydroxylation sites is 2. The predicted molar refractivity (Wildman–Crippen MR) is 171 cm³/mol. The van der Waals surface area contributed by atoms with Crippen LogP contribution in [0.3, 0.4) is 0 Å². The number of nitrogens with zero attached hydrogens (tertiary/aromatic N) is 2. The molecule has 43 heavy (non-hydrogen) atoms. The van der Waals surface area contributed by atoms with E-state index in [1.807, 2.05) is 0 Å². The van der Waals surface area contributed by atoms with Crippen LogP contribution in [0.2, 0.25) is 10.0 Å². The molecular formula is C30H26BrCl2N3O6S. The average molecular weight is 707 g/mol. The van der Waals surface area contributed by atoms with E-state index < -0.39 is 22.5 Å². The van der Waals surface area contributed by atoms with Crippen LogP contribution in [0.15, 0.2) is 99.4 Å². The van der Waals surface area contributed by atoms with Crippen molar-refractivity contribution >= 4 is 67.0 Å². The van der Waals surface area contributed by atoms with E-state index in [9.17, 15) is 13.2 Å². The largest absolute Gasteiger partial charge is 0.495 e. The number of nitrogens with one attached hydrogen (secondary N) is 1. The summed E-state index contributed by atoms with van der Waals surface area (Å²) in [7, 11) is -1.20. The molecule has 1 amide bonds. The maximum atomic E-state index is 13.6. The van der Waals surface area contributed by atoms with Crippen LogP contribution in [-0.2, 0) is 21.4 Å². The van der Waals surface area contributed by atoms with Gasteiger partial charge in [-0.3, -0.25) is 9.10 Å². The molecule has 4 aromatic carbocycles. The first-order chi connectivity index (χ1) is 20.6. The van der Waals surface area contributed by atoms with Gasteiger partial charge in [-0.2, -0.15) is 5.10 Å². The molecule has 0 aliphatic rings. The zero-order valence-electron chi connectivity index (χ0n) is 23.0. The second kappa shape index (κ2) is 14.6. The number of anilines is 1. The van der Waals surface area contributed by atoms with Gasteiger partial charge in [0.05, 0.1) is 45.5 Å². The fraction of sp³-hybridized carbons (Fsp3) is 0.133. The molecule has 0 radical (unpaired) electrons. The molecule has 0 saturated carbocycles. The van der Waals surface area contributed by atoms with Crippen LogP contribution in [0, 0.1) is 0 Å². The van der Waals surface area contributed by atoms with Crippen molar-refractivity contribution in [2.75, 3.05) is 25.1 Å². The maximum Gasteiger partial charge on any atom is 0.264 e. The summed E-state index contributed by atoms with van der Waals surface area (Å²) in [4.78, 5) is 13.0. The molecule has 0 bridgehead atoms. The van der Waals surface area contributed by atoms with Gasteiger partial charge >= 0.3 is 0 Å². The minimum Gasteiger partial charge on any atom is -0.495 e. The van der Waals surface area contributed by atoms with Crippen LogP contribution in [-0.4, -0.2) is 41.3 Å². The Morgan fingerprint density at radius 2 is 1.63 bits per heavy atom. The number of hydrogen-bond donors (Lipinski definition) is 1. The van der Waals surface area contributed by atoms with Gasteiger partial charge in [0.2, 0.25) is 0 Å². The van der Waals surface area contributed by atoms with Gasteiger partial charge in [0, 0.05) is 0 Å². The van der Waals surface area contributed by atoms with Crippen molar-refractivity contribution in [2.24, 2.45) is 5.10 Å². The first kappa shape index (κ1) is 32.2. The lowest BCUT2D eigenvalue weighted by atomic mass is 10.2. The lowest BCUT2D eigenvalue weighted by Crippen LogP contribution is -2.39. The molecule has 4 rings (SSSR count). The number of rotatable bonds is 12. The fourth-order valence-corrected chi connectivity index (χ4v) is 6.29. The zero-order valence-corrected chi connectivity index (χ0v) is 26.9. The third kappa shape index (κ3) is 7.99. The predicted octanol–water partition coefficient (Wildman–Crippen LogP) is 6.70. The SMILES string of the molecule is COc1ccccc1N(CC(=O)N/N=C\c1cc(Br)c(OCc2ccc(Cl)c(Cl)c2)c(OC)c1)S(=O)(=O)c1ccccc1. The molecule has 0 aliphatic heterocycles. The quantitative estimate of drug-likeness (QED) is 0.130. The molecular weight excluding hydrogens is 681 g/mol. The van der Waals surface area contributed by atoms with E-state index in [0.717, 1.165) is 9.87 Å². The number of halogens is 3. The number of hydrogen-bond acceptors (Lipinski definition) is 7. The van der Waals surface area contributed by atoms with Crippen molar-refractivity contribution in [3.63, 3.8) is 0 Å². The minimum atomic E-state index is -4.12. The summed E-state index contributed by atoms with van der Waals surface area (Å²) in [5, 5.41) is 4.89. The summed E-state index contributed by atoms with van der Waals surface area (Å²) in [6.45, 7) is -0.340. The molecule has 224 valence electrons. The van der Waals surface area contributed by atoms with E-state index in [4.69, 9.17) is 37.4 Å². The first-order valence-corrected chi connectivity index (χ1v) is 15.6. The Bertz CT molecular complexity index is 1740. The summed E-state index contributed by atoms with van der Waals surface area (Å²) in [6, 6.07) is 23.0. The van der Waals surface area contributed by atoms with Gasteiger partial charge in [-0.1, -0.05) is 59.6 Å². The lowest BCUT2D eigenvalue weighted by Gasteiger charge is -2.25. The van der Waals surface area contributed by atoms with E-state index in [-0.39, 0.29) is 22.9 Å². The van der Waals surface area contributed by atoms with Crippen LogP contribution in [0.5, 0.6) is 17.2 Å². The normalized spacial score (nSPS) is 11.3. The molecule has 0 aliphatic carbocycles. The van der Waals surface area contributed by atoms with Crippen molar-refractivity contribution in [3.8, 4) is 17.2 Å². The van der Waals surface area contributed by atoms with Crippen molar-refractivity contribution < 1.29 is 27.4 Å². The number of amides is 1. The Kier molecular flexibility index (Phi) is 10.9. The van der Waals surface area contributed by atoms with E-state index in [1.165, 1.54) is 32.6 Å². The Balaban J connectivity index is 1.50. The number of ether oxygens (including phenoxy) is 3. The van der Waals surface area contributed by atoms with Crippen LogP contribution in [0.4, 0.5) is 5.69 Å². The fourth-order valence-electron chi connectivity index (χ4n) is 3.94. The van der Waals surface area contributed by atoms with Crippen molar-refractivity contribution in [3.05, 3.63) is 111 Å². The molecule has 9 nitrogen and oxygen atoms in total. The molecule has 0 saturated heterocycles. The van der Waals surface area contributed by atoms with Crippen molar-refractivity contribution in [2.45, 2.75) is 11.5 Å². The number of hydrazone groups is 1. The Labute approximate surface area is 268 Å². The highest BCUT2D eigenvalue weighted by atomic mass is 79.9. The number of carbonyl (C=O) groups is 1. The topological polar surface area (TPSA) is 107 Å². The second-order valence-corrected chi connectivity index (χ2v) is 12.4. The highest BCUT2D eigenvalue weighted by molar-refractivity contribution is 9.10. The van der Waals surface area contributed by atoms with Gasteiger partial charge < -0.3 is 14.2 Å². The summed E-state index contributed by atoms with van der Waals surface area (Å²) in [5.41, 5.74) is 3.99. The molecule has 0 fully saturated rings. The van der Waals surface area contributed by atoms with E-state index >= 15 is 0 Å². The minimum absolute atomic E-state index is 0.0237. The van der Waals surface area contributed by atoms with Crippen molar-refractivity contribution in [1.82, 2.24) is 5.43 Å². The van der Waals surface area contributed by atoms with Gasteiger partial charge in [0.15, 0.2) is 11.5 Å². The standard InChI is InChI=1S/C30H26BrCl2N3O6S/c1-40-27-11-7-6-10-26(27)36(43(38,39)22-8-4-3-5-9-22)18-29(37)35-34-17-21-14-23(31)30(28(16-21)41-2)42-19-20-12-13-24(32)25(33)15-20/h3-17H,18-19H2,1-2H3,(H,35,37)/b34-17-. The van der Waals surface area contributed by atoms with Crippen LogP contribution in [0.1, 0.15) is 11.1 Å². The summed E-state index contributed by atoms with van der Waals surface area (Å²) in [5.74, 6) is 0.484. The third-order valence-corrected chi connectivity index (χ3v) is 9.10. The van der Waals surface area contributed by atoms with E-state index in [0.29, 0.717) is 31.6 Å². The first-order valence-electron chi connectivity index (χ1n) is 12.6. The van der Waals surface area contributed by atoms with Crippen LogP contribution < -0.4 is 23.9 Å². The summed E-state index contributed by atoms with van der Waals surface area (Å²) in [6.07, 6.45) is 1.40. The maximum absolute atomic E-state index is 13.6. The van der Waals surface area contributed by atoms with Gasteiger partial charge in [-0.05, 0) is 75.6 Å². The number of methoxy groups -OCH3 is 2. The highest BCUT2D eigenvalue weighted by Crippen LogP contribution is 2.37.